The van der Waals surface area contributed by atoms with Gasteiger partial charge in [0.15, 0.2) is 0 Å². The van der Waals surface area contributed by atoms with E-state index < -0.39 is 42.1 Å². The van der Waals surface area contributed by atoms with E-state index in [4.69, 9.17) is 25.8 Å². The molecule has 4 rings (SSSR count). The van der Waals surface area contributed by atoms with Crippen LogP contribution in [0.4, 0.5) is 5.69 Å². The van der Waals surface area contributed by atoms with Gasteiger partial charge in [-0.25, -0.2) is 0 Å². The van der Waals surface area contributed by atoms with Crippen LogP contribution in [0.5, 0.6) is 11.5 Å². The second kappa shape index (κ2) is 12.5. The largest absolute Gasteiger partial charge is 0.490 e. The van der Waals surface area contributed by atoms with Crippen molar-refractivity contribution in [2.45, 2.75) is 36.9 Å². The van der Waals surface area contributed by atoms with Gasteiger partial charge < -0.3 is 34.6 Å². The topological polar surface area (TPSA) is 152 Å². The Morgan fingerprint density at radius 3 is 2.05 bits per heavy atom. The van der Waals surface area contributed by atoms with Crippen LogP contribution >= 0.6 is 11.6 Å². The fourth-order valence-electron chi connectivity index (χ4n) is 4.19. The summed E-state index contributed by atoms with van der Waals surface area (Å²) in [6.45, 7) is 0.0443. The number of benzene rings is 3. The zero-order valence-corrected chi connectivity index (χ0v) is 21.0. The predicted molar refractivity (Wildman–Crippen MR) is 138 cm³/mol. The Morgan fingerprint density at radius 2 is 1.47 bits per heavy atom. The van der Waals surface area contributed by atoms with Crippen LogP contribution in [-0.4, -0.2) is 69.6 Å². The highest BCUT2D eigenvalue weighted by atomic mass is 35.5. The Hall–Kier alpha value is -3.25. The normalized spacial score (nSPS) is 23.1. The van der Waals surface area contributed by atoms with Crippen molar-refractivity contribution in [2.75, 3.05) is 19.8 Å². The van der Waals surface area contributed by atoms with E-state index in [1.807, 2.05) is 24.3 Å². The summed E-state index contributed by atoms with van der Waals surface area (Å²) in [6, 6.07) is 18.4. The Balaban J connectivity index is 1.33. The first kappa shape index (κ1) is 27.8. The molecule has 0 spiro atoms. The SMILES string of the molecule is O=[N+]([O-])c1ccc(OCCOc2ccc(Cc3cc([C@@H]4O[C@H](CO)[C@@H](O)[C@H](O)[C@H]4O)ccc3Cl)cc2)cc1. The molecule has 0 unspecified atom stereocenters. The number of hydrogen-bond donors (Lipinski definition) is 4. The van der Waals surface area contributed by atoms with Gasteiger partial charge in [0.25, 0.3) is 5.69 Å². The van der Waals surface area contributed by atoms with Crippen LogP contribution in [0.25, 0.3) is 0 Å². The second-order valence-corrected chi connectivity index (χ2v) is 9.28. The summed E-state index contributed by atoms with van der Waals surface area (Å²) in [6.07, 6.45) is -5.71. The standard InChI is InChI=1S/C27H28ClNO9/c28-22-10-3-17(27-26(33)25(32)24(31)23(15-30)38-27)14-18(22)13-16-1-6-20(7-2-16)36-11-12-37-21-8-4-19(5-9-21)29(34)35/h1-10,14,23-27,30-33H,11-13,15H2/t23-,24-,25+,26-,27+/m1/s1. The monoisotopic (exact) mass is 545 g/mol. The molecule has 0 amide bonds. The Kier molecular flexibility index (Phi) is 9.16. The maximum absolute atomic E-state index is 10.7. The lowest BCUT2D eigenvalue weighted by atomic mass is 9.90. The molecule has 202 valence electrons. The predicted octanol–water partition coefficient (Wildman–Crippen LogP) is 2.81. The van der Waals surface area contributed by atoms with Crippen LogP contribution in [0.2, 0.25) is 5.02 Å². The summed E-state index contributed by atoms with van der Waals surface area (Å²) >= 11 is 6.41. The third kappa shape index (κ3) is 6.60. The number of rotatable bonds is 10. The quantitative estimate of drug-likeness (QED) is 0.171. The van der Waals surface area contributed by atoms with Gasteiger partial charge in [-0.1, -0.05) is 35.9 Å². The van der Waals surface area contributed by atoms with Gasteiger partial charge in [0.2, 0.25) is 0 Å². The first-order valence-electron chi connectivity index (χ1n) is 11.9. The molecule has 4 N–H and O–H groups in total. The van der Waals surface area contributed by atoms with E-state index in [0.29, 0.717) is 28.5 Å². The molecule has 0 bridgehead atoms. The number of ether oxygens (including phenoxy) is 3. The smallest absolute Gasteiger partial charge is 0.269 e. The molecule has 11 heteroatoms. The zero-order valence-electron chi connectivity index (χ0n) is 20.2. The molecule has 0 aromatic heterocycles. The maximum Gasteiger partial charge on any atom is 0.269 e. The van der Waals surface area contributed by atoms with E-state index in [1.165, 1.54) is 24.3 Å². The third-order valence-corrected chi connectivity index (χ3v) is 6.65. The summed E-state index contributed by atoms with van der Waals surface area (Å²) in [5.74, 6) is 1.15. The number of non-ortho nitro benzene ring substituents is 1. The minimum atomic E-state index is -1.46. The van der Waals surface area contributed by atoms with Crippen LogP contribution in [0.15, 0.2) is 66.7 Å². The summed E-state index contributed by atoms with van der Waals surface area (Å²) in [4.78, 5) is 10.2. The number of aliphatic hydroxyl groups excluding tert-OH is 4. The van der Waals surface area contributed by atoms with Gasteiger partial charge in [-0.2, -0.15) is 0 Å². The lowest BCUT2D eigenvalue weighted by Crippen LogP contribution is -2.55. The Morgan fingerprint density at radius 1 is 0.868 bits per heavy atom. The molecular formula is C27H28ClNO9. The van der Waals surface area contributed by atoms with Crippen molar-refractivity contribution in [2.24, 2.45) is 0 Å². The van der Waals surface area contributed by atoms with Gasteiger partial charge in [-0.05, 0) is 53.4 Å². The number of nitro groups is 1. The number of nitrogens with zero attached hydrogens (tertiary/aromatic N) is 1. The summed E-state index contributed by atoms with van der Waals surface area (Å²) < 4.78 is 16.9. The molecule has 1 aliphatic rings. The Bertz CT molecular complexity index is 1220. The van der Waals surface area contributed by atoms with Crippen LogP contribution in [0.3, 0.4) is 0 Å². The highest BCUT2D eigenvalue weighted by Gasteiger charge is 2.44. The molecule has 1 saturated heterocycles. The fourth-order valence-corrected chi connectivity index (χ4v) is 4.38. The van der Waals surface area contributed by atoms with E-state index >= 15 is 0 Å². The molecule has 3 aromatic carbocycles. The first-order valence-corrected chi connectivity index (χ1v) is 12.3. The maximum atomic E-state index is 10.7. The van der Waals surface area contributed by atoms with Gasteiger partial charge in [0.1, 0.15) is 55.2 Å². The number of nitro benzene ring substituents is 1. The highest BCUT2D eigenvalue weighted by molar-refractivity contribution is 6.31. The Labute approximate surface area is 223 Å². The van der Waals surface area contributed by atoms with Crippen LogP contribution < -0.4 is 9.47 Å². The third-order valence-electron chi connectivity index (χ3n) is 6.28. The average Bonchev–Trinajstić information content (AvgIpc) is 2.92. The fraction of sp³-hybridized carbons (Fsp3) is 0.333. The van der Waals surface area contributed by atoms with Crippen molar-refractivity contribution in [1.82, 2.24) is 0 Å². The summed E-state index contributed by atoms with van der Waals surface area (Å²) in [5.41, 5.74) is 2.28. The van der Waals surface area contributed by atoms with Crippen molar-refractivity contribution >= 4 is 17.3 Å². The lowest BCUT2D eigenvalue weighted by Gasteiger charge is -2.40. The molecule has 1 aliphatic heterocycles. The molecule has 0 saturated carbocycles. The highest BCUT2D eigenvalue weighted by Crippen LogP contribution is 2.34. The van der Waals surface area contributed by atoms with Gasteiger partial charge in [0, 0.05) is 17.2 Å². The van der Waals surface area contributed by atoms with E-state index in [0.717, 1.165) is 11.1 Å². The summed E-state index contributed by atoms with van der Waals surface area (Å²) in [7, 11) is 0. The van der Waals surface area contributed by atoms with Gasteiger partial charge in [-0.15, -0.1) is 0 Å². The van der Waals surface area contributed by atoms with Crippen molar-refractivity contribution in [3.05, 3.63) is 98.6 Å². The van der Waals surface area contributed by atoms with Crippen molar-refractivity contribution < 1.29 is 39.6 Å². The number of hydrogen-bond acceptors (Lipinski definition) is 9. The minimum Gasteiger partial charge on any atom is -0.490 e. The van der Waals surface area contributed by atoms with E-state index in [-0.39, 0.29) is 18.9 Å². The van der Waals surface area contributed by atoms with Gasteiger partial charge in [0.05, 0.1) is 11.5 Å². The first-order chi connectivity index (χ1) is 18.3. The molecule has 1 fully saturated rings. The van der Waals surface area contributed by atoms with Crippen molar-refractivity contribution in [3.8, 4) is 11.5 Å². The molecule has 10 nitrogen and oxygen atoms in total. The van der Waals surface area contributed by atoms with Gasteiger partial charge in [-0.3, -0.25) is 10.1 Å². The molecule has 3 aromatic rings. The van der Waals surface area contributed by atoms with Crippen molar-refractivity contribution in [1.29, 1.82) is 0 Å². The number of halogens is 1. The average molecular weight is 546 g/mol. The van der Waals surface area contributed by atoms with Crippen LogP contribution in [-0.2, 0) is 11.2 Å². The number of aliphatic hydroxyl groups is 4. The van der Waals surface area contributed by atoms with E-state index in [9.17, 15) is 30.5 Å². The second-order valence-electron chi connectivity index (χ2n) is 8.87. The van der Waals surface area contributed by atoms with Gasteiger partial charge >= 0.3 is 0 Å². The molecule has 38 heavy (non-hydrogen) atoms. The molecular weight excluding hydrogens is 518 g/mol. The molecule has 1 heterocycles. The molecule has 0 radical (unpaired) electrons. The van der Waals surface area contributed by atoms with Crippen molar-refractivity contribution in [3.63, 3.8) is 0 Å². The van der Waals surface area contributed by atoms with E-state index in [1.54, 1.807) is 18.2 Å². The minimum absolute atomic E-state index is 0.00409. The van der Waals surface area contributed by atoms with Crippen LogP contribution in [0, 0.1) is 10.1 Å². The molecule has 0 aliphatic carbocycles. The lowest BCUT2D eigenvalue weighted by molar-refractivity contribution is -0.384. The van der Waals surface area contributed by atoms with Crippen LogP contribution in [0.1, 0.15) is 22.8 Å². The van der Waals surface area contributed by atoms with E-state index in [2.05, 4.69) is 0 Å². The summed E-state index contributed by atoms with van der Waals surface area (Å²) in [5, 5.41) is 51.3. The molecule has 5 atom stereocenters. The zero-order chi connectivity index (χ0) is 27.2.